The molecule has 3 rings (SSSR count). The van der Waals surface area contributed by atoms with Crippen LogP contribution in [0.5, 0.6) is 0 Å². The molecule has 5 nitrogen and oxygen atoms in total. The highest BCUT2D eigenvalue weighted by Crippen LogP contribution is 2.29. The highest BCUT2D eigenvalue weighted by atomic mass is 35.5. The van der Waals surface area contributed by atoms with Gasteiger partial charge in [0, 0.05) is 27.7 Å². The van der Waals surface area contributed by atoms with E-state index in [2.05, 4.69) is 29.4 Å². The first kappa shape index (κ1) is 21.1. The Morgan fingerprint density at radius 1 is 1.10 bits per heavy atom. The number of aromatic nitrogens is 3. The van der Waals surface area contributed by atoms with Crippen LogP contribution in [0.3, 0.4) is 0 Å². The van der Waals surface area contributed by atoms with Gasteiger partial charge in [-0.15, -0.1) is 10.2 Å². The SMILES string of the molecule is Cc1cc(-c2cc(C(=O)NC(C)(C)C)cc(-n3cnnc3C(C)C)c2)ccc1Cl. The molecular formula is C23H27ClN4O. The number of benzene rings is 2. The van der Waals surface area contributed by atoms with Crippen molar-refractivity contribution in [1.29, 1.82) is 0 Å². The summed E-state index contributed by atoms with van der Waals surface area (Å²) in [6, 6.07) is 11.7. The number of rotatable bonds is 4. The Morgan fingerprint density at radius 3 is 2.45 bits per heavy atom. The van der Waals surface area contributed by atoms with Crippen molar-refractivity contribution in [3.05, 3.63) is 64.7 Å². The van der Waals surface area contributed by atoms with Crippen LogP contribution in [0.2, 0.25) is 5.02 Å². The smallest absolute Gasteiger partial charge is 0.251 e. The molecule has 2 aromatic carbocycles. The molecule has 152 valence electrons. The Labute approximate surface area is 177 Å². The fourth-order valence-electron chi connectivity index (χ4n) is 3.12. The maximum Gasteiger partial charge on any atom is 0.251 e. The van der Waals surface area contributed by atoms with Crippen LogP contribution in [0.25, 0.3) is 16.8 Å². The summed E-state index contributed by atoms with van der Waals surface area (Å²) < 4.78 is 1.94. The van der Waals surface area contributed by atoms with Gasteiger partial charge in [0.25, 0.3) is 5.91 Å². The second-order valence-electron chi connectivity index (χ2n) is 8.65. The van der Waals surface area contributed by atoms with Crippen LogP contribution < -0.4 is 5.32 Å². The van der Waals surface area contributed by atoms with Crippen LogP contribution in [0.4, 0.5) is 0 Å². The maximum absolute atomic E-state index is 12.9. The van der Waals surface area contributed by atoms with Gasteiger partial charge in [0.1, 0.15) is 12.2 Å². The van der Waals surface area contributed by atoms with Gasteiger partial charge in [0.15, 0.2) is 0 Å². The minimum atomic E-state index is -0.330. The van der Waals surface area contributed by atoms with E-state index in [4.69, 9.17) is 11.6 Å². The number of amides is 1. The highest BCUT2D eigenvalue weighted by Gasteiger charge is 2.18. The second-order valence-corrected chi connectivity index (χ2v) is 9.06. The largest absolute Gasteiger partial charge is 0.347 e. The van der Waals surface area contributed by atoms with Crippen molar-refractivity contribution >= 4 is 17.5 Å². The van der Waals surface area contributed by atoms with Gasteiger partial charge in [0.05, 0.1) is 0 Å². The Hall–Kier alpha value is -2.66. The third-order valence-electron chi connectivity index (χ3n) is 4.53. The van der Waals surface area contributed by atoms with Gasteiger partial charge < -0.3 is 5.32 Å². The van der Waals surface area contributed by atoms with Gasteiger partial charge in [-0.3, -0.25) is 9.36 Å². The number of nitrogens with one attached hydrogen (secondary N) is 1. The zero-order valence-corrected chi connectivity index (χ0v) is 18.5. The van der Waals surface area contributed by atoms with Crippen LogP contribution in [0.15, 0.2) is 42.7 Å². The average Bonchev–Trinajstić information content (AvgIpc) is 3.12. The summed E-state index contributed by atoms with van der Waals surface area (Å²) in [7, 11) is 0. The summed E-state index contributed by atoms with van der Waals surface area (Å²) >= 11 is 6.21. The fraction of sp³-hybridized carbons (Fsp3) is 0.348. The van der Waals surface area contributed by atoms with Crippen LogP contribution in [0, 0.1) is 6.92 Å². The Morgan fingerprint density at radius 2 is 1.83 bits per heavy atom. The van der Waals surface area contributed by atoms with E-state index in [0.29, 0.717) is 5.56 Å². The van der Waals surface area contributed by atoms with Crippen LogP contribution in [-0.2, 0) is 0 Å². The number of nitrogens with zero attached hydrogens (tertiary/aromatic N) is 3. The number of halogens is 1. The molecule has 0 fully saturated rings. The lowest BCUT2D eigenvalue weighted by Crippen LogP contribution is -2.40. The number of carbonyl (C=O) groups excluding carboxylic acids is 1. The van der Waals surface area contributed by atoms with Crippen molar-refractivity contribution in [3.63, 3.8) is 0 Å². The monoisotopic (exact) mass is 410 g/mol. The van der Waals surface area contributed by atoms with E-state index in [-0.39, 0.29) is 17.4 Å². The minimum Gasteiger partial charge on any atom is -0.347 e. The van der Waals surface area contributed by atoms with E-state index in [9.17, 15) is 4.79 Å². The van der Waals surface area contributed by atoms with Crippen molar-refractivity contribution < 1.29 is 4.79 Å². The third-order valence-corrected chi connectivity index (χ3v) is 4.95. The second kappa shape index (κ2) is 7.99. The Kier molecular flexibility index (Phi) is 5.80. The van der Waals surface area contributed by atoms with Crippen molar-refractivity contribution in [2.45, 2.75) is 53.0 Å². The van der Waals surface area contributed by atoms with Crippen molar-refractivity contribution in [2.24, 2.45) is 0 Å². The molecule has 0 aliphatic carbocycles. The molecule has 0 saturated heterocycles. The van der Waals surface area contributed by atoms with Gasteiger partial charge in [0.2, 0.25) is 0 Å². The van der Waals surface area contributed by atoms with Crippen LogP contribution in [0.1, 0.15) is 62.3 Å². The first-order chi connectivity index (χ1) is 13.5. The molecule has 0 aliphatic heterocycles. The summed E-state index contributed by atoms with van der Waals surface area (Å²) in [4.78, 5) is 12.9. The lowest BCUT2D eigenvalue weighted by molar-refractivity contribution is 0.0919. The summed E-state index contributed by atoms with van der Waals surface area (Å²) in [5, 5.41) is 12.1. The molecule has 0 aliphatic rings. The zero-order valence-electron chi connectivity index (χ0n) is 17.7. The molecule has 0 atom stereocenters. The van der Waals surface area contributed by atoms with Gasteiger partial charge in [-0.2, -0.15) is 0 Å². The van der Waals surface area contributed by atoms with E-state index < -0.39 is 0 Å². The van der Waals surface area contributed by atoms with E-state index >= 15 is 0 Å². The molecule has 0 unspecified atom stereocenters. The third kappa shape index (κ3) is 4.85. The average molecular weight is 411 g/mol. The summed E-state index contributed by atoms with van der Waals surface area (Å²) in [6.07, 6.45) is 1.69. The lowest BCUT2D eigenvalue weighted by atomic mass is 9.99. The zero-order chi connectivity index (χ0) is 21.3. The molecule has 1 amide bonds. The first-order valence-electron chi connectivity index (χ1n) is 9.69. The number of hydrogen-bond acceptors (Lipinski definition) is 3. The molecular weight excluding hydrogens is 384 g/mol. The molecule has 1 heterocycles. The topological polar surface area (TPSA) is 59.8 Å². The highest BCUT2D eigenvalue weighted by molar-refractivity contribution is 6.31. The van der Waals surface area contributed by atoms with E-state index in [1.165, 1.54) is 0 Å². The molecule has 1 aromatic heterocycles. The molecule has 1 N–H and O–H groups in total. The summed E-state index contributed by atoms with van der Waals surface area (Å²) in [5.41, 5.74) is 4.03. The molecule has 29 heavy (non-hydrogen) atoms. The quantitative estimate of drug-likeness (QED) is 0.613. The fourth-order valence-corrected chi connectivity index (χ4v) is 3.24. The summed E-state index contributed by atoms with van der Waals surface area (Å²) in [6.45, 7) is 12.0. The van der Waals surface area contributed by atoms with Gasteiger partial charge in [-0.1, -0.05) is 31.5 Å². The van der Waals surface area contributed by atoms with Crippen LogP contribution >= 0.6 is 11.6 Å². The van der Waals surface area contributed by atoms with Crippen molar-refractivity contribution in [2.75, 3.05) is 0 Å². The van der Waals surface area contributed by atoms with Crippen LogP contribution in [-0.4, -0.2) is 26.2 Å². The van der Waals surface area contributed by atoms with Gasteiger partial charge >= 0.3 is 0 Å². The minimum absolute atomic E-state index is 0.120. The van der Waals surface area contributed by atoms with Crippen molar-refractivity contribution in [1.82, 2.24) is 20.1 Å². The number of carbonyl (C=O) groups is 1. The molecule has 0 radical (unpaired) electrons. The predicted molar refractivity (Wildman–Crippen MR) is 118 cm³/mol. The lowest BCUT2D eigenvalue weighted by Gasteiger charge is -2.21. The molecule has 3 aromatic rings. The normalized spacial score (nSPS) is 11.7. The van der Waals surface area contributed by atoms with Gasteiger partial charge in [-0.05, 0) is 74.7 Å². The molecule has 0 spiro atoms. The number of hydrogen-bond donors (Lipinski definition) is 1. The van der Waals surface area contributed by atoms with Crippen molar-refractivity contribution in [3.8, 4) is 16.8 Å². The maximum atomic E-state index is 12.9. The molecule has 0 saturated carbocycles. The Bertz CT molecular complexity index is 1050. The first-order valence-corrected chi connectivity index (χ1v) is 10.1. The van der Waals surface area contributed by atoms with Gasteiger partial charge in [-0.25, -0.2) is 0 Å². The molecule has 0 bridgehead atoms. The Balaban J connectivity index is 2.17. The van der Waals surface area contributed by atoms with E-state index in [1.54, 1.807) is 6.33 Å². The molecule has 6 heteroatoms. The summed E-state index contributed by atoms with van der Waals surface area (Å²) in [5.74, 6) is 0.924. The standard InChI is InChI=1S/C23H27ClN4O/c1-14(2)21-27-25-13-28(21)19-11-17(16-7-8-20(24)15(3)9-16)10-18(12-19)22(29)26-23(4,5)6/h7-14H,1-6H3,(H,26,29). The van der Waals surface area contributed by atoms with E-state index in [1.807, 2.05) is 68.7 Å². The predicted octanol–water partition coefficient (Wildman–Crippen LogP) is 5.55. The van der Waals surface area contributed by atoms with E-state index in [0.717, 1.165) is 33.2 Å². The number of aryl methyl sites for hydroxylation is 1.